The van der Waals surface area contributed by atoms with Crippen LogP contribution in [0.15, 0.2) is 6.33 Å². The Balaban J connectivity index is 3.15. The predicted octanol–water partition coefficient (Wildman–Crippen LogP) is 0.366. The monoisotopic (exact) mass is 243 g/mol. The predicted molar refractivity (Wildman–Crippen MR) is 45.8 cm³/mol. The smallest absolute Gasteiger partial charge is 0.364 e. The van der Waals surface area contributed by atoms with Crippen molar-refractivity contribution >= 4 is 33.5 Å². The minimum atomic E-state index is -4.17. The third kappa shape index (κ3) is 2.96. The molecule has 0 saturated carbocycles. The Hall–Kier alpha value is -0.630. The van der Waals surface area contributed by atoms with Crippen LogP contribution in [-0.4, -0.2) is 18.4 Å². The minimum Gasteiger partial charge on any atom is -0.364 e. The van der Waals surface area contributed by atoms with Gasteiger partial charge in [-0.3, -0.25) is 0 Å². The average molecular weight is 244 g/mol. The molecule has 0 amide bonds. The van der Waals surface area contributed by atoms with Crippen molar-refractivity contribution in [3.8, 4) is 5.75 Å². The summed E-state index contributed by atoms with van der Waals surface area (Å²) < 4.78 is 25.2. The van der Waals surface area contributed by atoms with E-state index >= 15 is 0 Å². The molecule has 1 aromatic rings. The molecule has 2 N–H and O–H groups in total. The Morgan fingerprint density at radius 3 is 2.15 bits per heavy atom. The number of halogens is 2. The largest absolute Gasteiger partial charge is 0.380 e. The molecule has 72 valence electrons. The second-order valence-corrected chi connectivity index (χ2v) is 3.73. The standard InChI is InChI=1S/C4H3Cl2N3O3S/c5-3-2(12-13(7,10)11)4(6)9-1-8-3/h1H,(H2,7,10,11). The van der Waals surface area contributed by atoms with Crippen LogP contribution in [0, 0.1) is 0 Å². The minimum absolute atomic E-state index is 0.228. The third-order valence-electron chi connectivity index (χ3n) is 0.916. The quantitative estimate of drug-likeness (QED) is 0.758. The molecule has 0 atom stereocenters. The normalized spacial score (nSPS) is 11.3. The summed E-state index contributed by atoms with van der Waals surface area (Å²) in [4.78, 5) is 6.90. The van der Waals surface area contributed by atoms with Gasteiger partial charge in [-0.15, -0.1) is 0 Å². The SMILES string of the molecule is NS(=O)(=O)Oc1c(Cl)ncnc1Cl. The molecule has 0 saturated heterocycles. The Morgan fingerprint density at radius 1 is 1.31 bits per heavy atom. The molecule has 13 heavy (non-hydrogen) atoms. The maximum Gasteiger partial charge on any atom is 0.380 e. The summed E-state index contributed by atoms with van der Waals surface area (Å²) in [5, 5.41) is 4.13. The van der Waals surface area contributed by atoms with E-state index in [0.29, 0.717) is 0 Å². The summed E-state index contributed by atoms with van der Waals surface area (Å²) in [6, 6.07) is 0. The summed E-state index contributed by atoms with van der Waals surface area (Å²) in [5.41, 5.74) is 0. The van der Waals surface area contributed by atoms with E-state index in [2.05, 4.69) is 19.3 Å². The fourth-order valence-corrected chi connectivity index (χ4v) is 1.39. The second-order valence-electron chi connectivity index (χ2n) is 1.86. The molecule has 0 unspecified atom stereocenters. The molecule has 0 aliphatic heterocycles. The van der Waals surface area contributed by atoms with Gasteiger partial charge in [-0.1, -0.05) is 23.2 Å². The highest BCUT2D eigenvalue weighted by atomic mass is 35.5. The first-order valence-electron chi connectivity index (χ1n) is 2.78. The molecule has 0 aromatic carbocycles. The van der Waals surface area contributed by atoms with Crippen molar-refractivity contribution in [2.24, 2.45) is 5.14 Å². The summed E-state index contributed by atoms with van der Waals surface area (Å²) >= 11 is 10.9. The van der Waals surface area contributed by atoms with E-state index in [4.69, 9.17) is 23.2 Å². The molecule has 9 heteroatoms. The number of nitrogens with zero attached hydrogens (tertiary/aromatic N) is 2. The van der Waals surface area contributed by atoms with Gasteiger partial charge in [0.2, 0.25) is 5.75 Å². The molecule has 6 nitrogen and oxygen atoms in total. The number of hydrogen-bond acceptors (Lipinski definition) is 5. The number of nitrogens with two attached hydrogens (primary N) is 1. The first kappa shape index (κ1) is 10.5. The molecule has 0 radical (unpaired) electrons. The molecular formula is C4H3Cl2N3O3S. The molecule has 0 aliphatic rings. The highest BCUT2D eigenvalue weighted by Crippen LogP contribution is 2.28. The first-order chi connectivity index (χ1) is 5.90. The number of rotatable bonds is 2. The van der Waals surface area contributed by atoms with Crippen LogP contribution in [0.25, 0.3) is 0 Å². The number of aromatic nitrogens is 2. The maximum atomic E-state index is 10.5. The van der Waals surface area contributed by atoms with Gasteiger partial charge in [0.25, 0.3) is 0 Å². The average Bonchev–Trinajstić information content (AvgIpc) is 1.95. The van der Waals surface area contributed by atoms with Crippen LogP contribution in [0.2, 0.25) is 10.3 Å². The van der Waals surface area contributed by atoms with E-state index in [0.717, 1.165) is 6.33 Å². The molecule has 0 bridgehead atoms. The van der Waals surface area contributed by atoms with Gasteiger partial charge in [-0.2, -0.15) is 13.6 Å². The molecule has 1 aromatic heterocycles. The van der Waals surface area contributed by atoms with Crippen molar-refractivity contribution in [2.75, 3.05) is 0 Å². The van der Waals surface area contributed by atoms with Gasteiger partial charge < -0.3 is 4.18 Å². The van der Waals surface area contributed by atoms with E-state index in [9.17, 15) is 8.42 Å². The van der Waals surface area contributed by atoms with Gasteiger partial charge in [-0.05, 0) is 0 Å². The number of hydrogen-bond donors (Lipinski definition) is 1. The van der Waals surface area contributed by atoms with Crippen LogP contribution in [-0.2, 0) is 10.3 Å². The highest BCUT2D eigenvalue weighted by molar-refractivity contribution is 7.84. The molecule has 0 spiro atoms. The highest BCUT2D eigenvalue weighted by Gasteiger charge is 2.14. The van der Waals surface area contributed by atoms with E-state index in [1.54, 1.807) is 0 Å². The van der Waals surface area contributed by atoms with Gasteiger partial charge in [0, 0.05) is 0 Å². The van der Waals surface area contributed by atoms with E-state index in [1.807, 2.05) is 0 Å². The van der Waals surface area contributed by atoms with Crippen molar-refractivity contribution in [3.63, 3.8) is 0 Å². The van der Waals surface area contributed by atoms with Crippen LogP contribution < -0.4 is 9.32 Å². The zero-order chi connectivity index (χ0) is 10.1. The van der Waals surface area contributed by atoms with E-state index in [-0.39, 0.29) is 16.1 Å². The van der Waals surface area contributed by atoms with Gasteiger partial charge in [-0.25, -0.2) is 9.97 Å². The van der Waals surface area contributed by atoms with Crippen LogP contribution in [0.1, 0.15) is 0 Å². The van der Waals surface area contributed by atoms with Gasteiger partial charge in [0.15, 0.2) is 10.3 Å². The molecule has 1 rings (SSSR count). The van der Waals surface area contributed by atoms with Gasteiger partial charge in [0.05, 0.1) is 0 Å². The second kappa shape index (κ2) is 3.62. The fraction of sp³-hybridized carbons (Fsp3) is 0. The van der Waals surface area contributed by atoms with Crippen LogP contribution in [0.4, 0.5) is 0 Å². The topological polar surface area (TPSA) is 95.2 Å². The van der Waals surface area contributed by atoms with Gasteiger partial charge in [0.1, 0.15) is 6.33 Å². The van der Waals surface area contributed by atoms with Crippen molar-refractivity contribution in [3.05, 3.63) is 16.6 Å². The first-order valence-corrected chi connectivity index (χ1v) is 5.01. The summed E-state index contributed by atoms with van der Waals surface area (Å²) in [5.74, 6) is -0.381. The lowest BCUT2D eigenvalue weighted by atomic mass is 10.6. The molecular weight excluding hydrogens is 241 g/mol. The Bertz CT molecular complexity index is 400. The maximum absolute atomic E-state index is 10.5. The Labute approximate surface area is 83.9 Å². The van der Waals surface area contributed by atoms with Crippen LogP contribution >= 0.6 is 23.2 Å². The summed E-state index contributed by atoms with van der Waals surface area (Å²) in [7, 11) is -4.17. The van der Waals surface area contributed by atoms with Crippen LogP contribution in [0.5, 0.6) is 5.75 Å². The Morgan fingerprint density at radius 2 is 1.77 bits per heavy atom. The molecule has 0 fully saturated rings. The van der Waals surface area contributed by atoms with Crippen LogP contribution in [0.3, 0.4) is 0 Å². The van der Waals surface area contributed by atoms with E-state index < -0.39 is 10.3 Å². The zero-order valence-corrected chi connectivity index (χ0v) is 8.27. The summed E-state index contributed by atoms with van der Waals surface area (Å²) in [6.45, 7) is 0. The zero-order valence-electron chi connectivity index (χ0n) is 5.94. The van der Waals surface area contributed by atoms with Gasteiger partial charge >= 0.3 is 10.3 Å². The molecule has 0 aliphatic carbocycles. The van der Waals surface area contributed by atoms with Crippen molar-refractivity contribution in [1.29, 1.82) is 0 Å². The van der Waals surface area contributed by atoms with Crippen molar-refractivity contribution in [2.45, 2.75) is 0 Å². The lowest BCUT2D eigenvalue weighted by molar-refractivity contribution is 0.485. The summed E-state index contributed by atoms with van der Waals surface area (Å²) in [6.07, 6.45) is 1.06. The molecule has 1 heterocycles. The third-order valence-corrected chi connectivity index (χ3v) is 1.85. The van der Waals surface area contributed by atoms with Crippen molar-refractivity contribution < 1.29 is 12.6 Å². The van der Waals surface area contributed by atoms with Crippen molar-refractivity contribution in [1.82, 2.24) is 9.97 Å². The lowest BCUT2D eigenvalue weighted by Crippen LogP contribution is -2.19. The fourth-order valence-electron chi connectivity index (χ4n) is 0.518. The van der Waals surface area contributed by atoms with E-state index in [1.165, 1.54) is 0 Å². The lowest BCUT2D eigenvalue weighted by Gasteiger charge is -2.03. The Kier molecular flexibility index (Phi) is 2.91.